The summed E-state index contributed by atoms with van der Waals surface area (Å²) >= 11 is 7.23. The Morgan fingerprint density at radius 2 is 1.69 bits per heavy atom. The first-order valence-corrected chi connectivity index (χ1v) is 9.39. The second-order valence-corrected chi connectivity index (χ2v) is 7.25. The van der Waals surface area contributed by atoms with E-state index in [-0.39, 0.29) is 11.8 Å². The van der Waals surface area contributed by atoms with Gasteiger partial charge in [-0.25, -0.2) is 0 Å². The SMILES string of the molecule is COCCCN1C(=O)C(Sc2ccc(Cl)cc2)=C(c2ccccc2)C1=O. The molecule has 1 aliphatic heterocycles. The van der Waals surface area contributed by atoms with Crippen LogP contribution in [0.5, 0.6) is 0 Å². The van der Waals surface area contributed by atoms with Gasteiger partial charge < -0.3 is 4.74 Å². The number of carbonyl (C=O) groups is 2. The number of halogens is 1. The van der Waals surface area contributed by atoms with Crippen molar-refractivity contribution < 1.29 is 14.3 Å². The van der Waals surface area contributed by atoms with Gasteiger partial charge in [-0.05, 0) is 36.2 Å². The van der Waals surface area contributed by atoms with Gasteiger partial charge in [-0.3, -0.25) is 14.5 Å². The molecule has 2 amide bonds. The summed E-state index contributed by atoms with van der Waals surface area (Å²) in [7, 11) is 1.60. The molecule has 4 nitrogen and oxygen atoms in total. The quantitative estimate of drug-likeness (QED) is 0.526. The summed E-state index contributed by atoms with van der Waals surface area (Å²) in [5.74, 6) is -0.515. The fourth-order valence-electron chi connectivity index (χ4n) is 2.70. The Bertz CT molecular complexity index is 834. The number of ether oxygens (including phenoxy) is 1. The molecule has 0 spiro atoms. The van der Waals surface area contributed by atoms with Crippen LogP contribution in [0.2, 0.25) is 5.02 Å². The Hall–Kier alpha value is -2.08. The van der Waals surface area contributed by atoms with E-state index in [1.807, 2.05) is 42.5 Å². The molecule has 0 N–H and O–H groups in total. The van der Waals surface area contributed by atoms with Gasteiger partial charge in [0.25, 0.3) is 11.8 Å². The topological polar surface area (TPSA) is 46.6 Å². The van der Waals surface area contributed by atoms with Gasteiger partial charge >= 0.3 is 0 Å². The minimum atomic E-state index is -0.259. The predicted octanol–water partition coefficient (Wildman–Crippen LogP) is 4.25. The first kappa shape index (κ1) is 18.7. The van der Waals surface area contributed by atoms with E-state index in [9.17, 15) is 9.59 Å². The summed E-state index contributed by atoms with van der Waals surface area (Å²) in [6.45, 7) is 0.837. The van der Waals surface area contributed by atoms with E-state index in [2.05, 4.69) is 0 Å². The molecular weight excluding hydrogens is 370 g/mol. The Balaban J connectivity index is 1.95. The van der Waals surface area contributed by atoms with Gasteiger partial charge in [-0.2, -0.15) is 0 Å². The molecule has 2 aromatic rings. The molecule has 0 aliphatic carbocycles. The second kappa shape index (κ2) is 8.54. The van der Waals surface area contributed by atoms with Gasteiger partial charge in [0.1, 0.15) is 0 Å². The van der Waals surface area contributed by atoms with Crippen molar-refractivity contribution in [3.63, 3.8) is 0 Å². The Morgan fingerprint density at radius 1 is 1.00 bits per heavy atom. The molecule has 0 saturated heterocycles. The Labute approximate surface area is 161 Å². The first-order valence-electron chi connectivity index (χ1n) is 8.20. The zero-order valence-electron chi connectivity index (χ0n) is 14.3. The largest absolute Gasteiger partial charge is 0.385 e. The molecule has 134 valence electrons. The van der Waals surface area contributed by atoms with Crippen LogP contribution in [0.15, 0.2) is 64.4 Å². The van der Waals surface area contributed by atoms with E-state index in [4.69, 9.17) is 16.3 Å². The lowest BCUT2D eigenvalue weighted by Crippen LogP contribution is -2.33. The van der Waals surface area contributed by atoms with Crippen molar-refractivity contribution in [2.75, 3.05) is 20.3 Å². The van der Waals surface area contributed by atoms with E-state index in [1.165, 1.54) is 16.7 Å². The van der Waals surface area contributed by atoms with Crippen LogP contribution in [0, 0.1) is 0 Å². The third-order valence-corrected chi connectivity index (χ3v) is 5.29. The third kappa shape index (κ3) is 4.01. The van der Waals surface area contributed by atoms with Gasteiger partial charge in [-0.1, -0.05) is 53.7 Å². The van der Waals surface area contributed by atoms with Gasteiger partial charge in [0, 0.05) is 30.2 Å². The molecule has 0 unspecified atom stereocenters. The number of carbonyl (C=O) groups excluding carboxylic acids is 2. The molecule has 1 aliphatic rings. The number of hydrogen-bond acceptors (Lipinski definition) is 4. The van der Waals surface area contributed by atoms with Crippen LogP contribution < -0.4 is 0 Å². The highest BCUT2D eigenvalue weighted by Crippen LogP contribution is 2.39. The van der Waals surface area contributed by atoms with E-state index in [0.717, 1.165) is 10.5 Å². The summed E-state index contributed by atoms with van der Waals surface area (Å²) in [5, 5.41) is 0.627. The van der Waals surface area contributed by atoms with Crippen LogP contribution in [-0.2, 0) is 14.3 Å². The van der Waals surface area contributed by atoms with Crippen molar-refractivity contribution in [1.29, 1.82) is 0 Å². The number of imide groups is 1. The van der Waals surface area contributed by atoms with Gasteiger partial charge in [0.05, 0.1) is 10.5 Å². The molecule has 0 radical (unpaired) electrons. The fourth-order valence-corrected chi connectivity index (χ4v) is 3.84. The average Bonchev–Trinajstić information content (AvgIpc) is 2.88. The normalized spacial score (nSPS) is 14.5. The summed E-state index contributed by atoms with van der Waals surface area (Å²) < 4.78 is 5.04. The molecule has 0 aromatic heterocycles. The fraction of sp³-hybridized carbons (Fsp3) is 0.200. The van der Waals surface area contributed by atoms with Crippen molar-refractivity contribution >= 4 is 40.8 Å². The molecule has 0 fully saturated rings. The zero-order chi connectivity index (χ0) is 18.5. The number of thioether (sulfide) groups is 1. The number of amides is 2. The van der Waals surface area contributed by atoms with Gasteiger partial charge in [-0.15, -0.1) is 0 Å². The van der Waals surface area contributed by atoms with Crippen LogP contribution in [0.1, 0.15) is 12.0 Å². The summed E-state index contributed by atoms with van der Waals surface area (Å²) in [6, 6.07) is 16.5. The number of benzene rings is 2. The van der Waals surface area contributed by atoms with E-state index in [0.29, 0.717) is 35.1 Å². The number of hydrogen-bond donors (Lipinski definition) is 0. The van der Waals surface area contributed by atoms with Crippen LogP contribution in [-0.4, -0.2) is 37.0 Å². The maximum atomic E-state index is 12.9. The van der Waals surface area contributed by atoms with Crippen molar-refractivity contribution in [2.24, 2.45) is 0 Å². The molecule has 3 rings (SSSR count). The van der Waals surface area contributed by atoms with Gasteiger partial charge in [0.2, 0.25) is 0 Å². The van der Waals surface area contributed by atoms with E-state index in [1.54, 1.807) is 19.2 Å². The molecule has 2 aromatic carbocycles. The monoisotopic (exact) mass is 387 g/mol. The number of methoxy groups -OCH3 is 1. The molecular formula is C20H18ClNO3S. The molecule has 0 atom stereocenters. The molecule has 26 heavy (non-hydrogen) atoms. The lowest BCUT2D eigenvalue weighted by atomic mass is 10.1. The van der Waals surface area contributed by atoms with Crippen LogP contribution >= 0.6 is 23.4 Å². The van der Waals surface area contributed by atoms with Crippen molar-refractivity contribution in [3.05, 3.63) is 70.1 Å². The smallest absolute Gasteiger partial charge is 0.268 e. The standard InChI is InChI=1S/C20H18ClNO3S/c1-25-13-5-12-22-19(23)17(14-6-3-2-4-7-14)18(20(22)24)26-16-10-8-15(21)9-11-16/h2-4,6-11H,5,12-13H2,1H3. The van der Waals surface area contributed by atoms with E-state index >= 15 is 0 Å². The van der Waals surface area contributed by atoms with Crippen molar-refractivity contribution in [3.8, 4) is 0 Å². The molecule has 6 heteroatoms. The zero-order valence-corrected chi connectivity index (χ0v) is 15.8. The molecule has 1 heterocycles. The highest BCUT2D eigenvalue weighted by molar-refractivity contribution is 8.04. The molecule has 0 bridgehead atoms. The Morgan fingerprint density at radius 3 is 2.35 bits per heavy atom. The maximum Gasteiger partial charge on any atom is 0.268 e. The van der Waals surface area contributed by atoms with E-state index < -0.39 is 0 Å². The Kier molecular flexibility index (Phi) is 6.14. The van der Waals surface area contributed by atoms with Crippen molar-refractivity contribution in [1.82, 2.24) is 4.90 Å². The summed E-state index contributed by atoms with van der Waals surface area (Å²) in [5.41, 5.74) is 1.20. The number of nitrogens with zero attached hydrogens (tertiary/aromatic N) is 1. The third-order valence-electron chi connectivity index (χ3n) is 3.95. The van der Waals surface area contributed by atoms with Gasteiger partial charge in [0.15, 0.2) is 0 Å². The van der Waals surface area contributed by atoms with Crippen LogP contribution in [0.25, 0.3) is 5.57 Å². The maximum absolute atomic E-state index is 12.9. The minimum Gasteiger partial charge on any atom is -0.385 e. The van der Waals surface area contributed by atoms with Crippen LogP contribution in [0.4, 0.5) is 0 Å². The second-order valence-electron chi connectivity index (χ2n) is 5.73. The lowest BCUT2D eigenvalue weighted by molar-refractivity contribution is -0.136. The van der Waals surface area contributed by atoms with Crippen molar-refractivity contribution in [2.45, 2.75) is 11.3 Å². The summed E-state index contributed by atoms with van der Waals surface area (Å²) in [4.78, 5) is 28.5. The summed E-state index contributed by atoms with van der Waals surface area (Å²) in [6.07, 6.45) is 0.606. The number of rotatable bonds is 7. The minimum absolute atomic E-state index is 0.256. The van der Waals surface area contributed by atoms with Crippen LogP contribution in [0.3, 0.4) is 0 Å². The predicted molar refractivity (Wildman–Crippen MR) is 104 cm³/mol. The lowest BCUT2D eigenvalue weighted by Gasteiger charge is -2.14. The highest BCUT2D eigenvalue weighted by atomic mass is 35.5. The average molecular weight is 388 g/mol. The molecule has 0 saturated carbocycles. The first-order chi connectivity index (χ1) is 12.6. The highest BCUT2D eigenvalue weighted by Gasteiger charge is 2.38.